The van der Waals surface area contributed by atoms with Gasteiger partial charge in [-0.1, -0.05) is 18.2 Å². The number of nitrogens with one attached hydrogen (secondary N) is 2. The molecule has 2 aromatic carbocycles. The van der Waals surface area contributed by atoms with Crippen molar-refractivity contribution in [2.45, 2.75) is 19.1 Å². The Morgan fingerprint density at radius 3 is 2.34 bits per heavy atom. The number of carbonyl (C=O) groups is 3. The van der Waals surface area contributed by atoms with Crippen LogP contribution in [0.4, 0.5) is 10.5 Å². The van der Waals surface area contributed by atoms with Crippen LogP contribution < -0.4 is 10.2 Å². The molecular weight excluding hydrogens is 450 g/mol. The zero-order chi connectivity index (χ0) is 24.9. The molecule has 2 aromatic rings. The Morgan fingerprint density at radius 2 is 1.71 bits per heavy atom. The van der Waals surface area contributed by atoms with Crippen molar-refractivity contribution >= 4 is 29.5 Å². The number of aliphatic carboxylic acids is 1. The number of nitrogens with zero attached hydrogens (tertiary/aromatic N) is 3. The molecule has 2 aliphatic rings. The van der Waals surface area contributed by atoms with Gasteiger partial charge in [-0.25, -0.2) is 4.79 Å². The van der Waals surface area contributed by atoms with Crippen LogP contribution in [0, 0.1) is 5.41 Å². The van der Waals surface area contributed by atoms with Crippen LogP contribution in [0.15, 0.2) is 54.6 Å². The summed E-state index contributed by atoms with van der Waals surface area (Å²) in [6, 6.07) is 15.0. The molecule has 0 radical (unpaired) electrons. The van der Waals surface area contributed by atoms with Gasteiger partial charge >= 0.3 is 12.1 Å². The maximum Gasteiger partial charge on any atom is 0.414 e. The summed E-state index contributed by atoms with van der Waals surface area (Å²) in [7, 11) is 0. The van der Waals surface area contributed by atoms with Gasteiger partial charge in [0.2, 0.25) is 0 Å². The van der Waals surface area contributed by atoms with Gasteiger partial charge in [0.05, 0.1) is 6.54 Å². The number of hydrogen-bond donors (Lipinski definition) is 3. The third kappa shape index (κ3) is 5.84. The molecule has 0 bridgehead atoms. The first-order valence-corrected chi connectivity index (χ1v) is 11.5. The molecule has 0 spiro atoms. The van der Waals surface area contributed by atoms with E-state index in [0.717, 1.165) is 13.1 Å². The van der Waals surface area contributed by atoms with Gasteiger partial charge in [-0.15, -0.1) is 0 Å². The van der Waals surface area contributed by atoms with Gasteiger partial charge in [0.25, 0.3) is 5.91 Å². The minimum absolute atomic E-state index is 0.0244. The Kier molecular flexibility index (Phi) is 7.42. The van der Waals surface area contributed by atoms with E-state index in [0.29, 0.717) is 43.0 Å². The van der Waals surface area contributed by atoms with E-state index in [1.807, 2.05) is 11.0 Å². The lowest BCUT2D eigenvalue weighted by atomic mass is 10.1. The van der Waals surface area contributed by atoms with E-state index < -0.39 is 18.1 Å². The van der Waals surface area contributed by atoms with Crippen molar-refractivity contribution in [1.29, 1.82) is 5.41 Å². The number of carboxylic acid groups (broad SMARTS) is 1. The fraction of sp³-hybridized carbons (Fsp3) is 0.360. The zero-order valence-electron chi connectivity index (χ0n) is 19.5. The summed E-state index contributed by atoms with van der Waals surface area (Å²) in [6.45, 7) is 5.45. The number of amides is 2. The molecule has 2 fully saturated rings. The van der Waals surface area contributed by atoms with Gasteiger partial charge in [-0.2, -0.15) is 0 Å². The van der Waals surface area contributed by atoms with Crippen LogP contribution in [0.5, 0.6) is 0 Å². The quantitative estimate of drug-likeness (QED) is 0.409. The number of carboxylic acids is 1. The van der Waals surface area contributed by atoms with Crippen molar-refractivity contribution in [2.75, 3.05) is 44.2 Å². The predicted molar refractivity (Wildman–Crippen MR) is 130 cm³/mol. The second kappa shape index (κ2) is 10.7. The Labute approximate surface area is 203 Å². The summed E-state index contributed by atoms with van der Waals surface area (Å²) < 4.78 is 5.56. The Morgan fingerprint density at radius 1 is 1.06 bits per heavy atom. The smallest absolute Gasteiger partial charge is 0.414 e. The van der Waals surface area contributed by atoms with E-state index in [1.165, 1.54) is 0 Å². The highest BCUT2D eigenvalue weighted by atomic mass is 16.6. The monoisotopic (exact) mass is 479 g/mol. The Bertz CT molecular complexity index is 1080. The van der Waals surface area contributed by atoms with Crippen molar-refractivity contribution in [3.05, 3.63) is 65.7 Å². The molecule has 2 aliphatic heterocycles. The highest BCUT2D eigenvalue weighted by molar-refractivity contribution is 6.11. The van der Waals surface area contributed by atoms with Crippen molar-refractivity contribution in [1.82, 2.24) is 15.1 Å². The van der Waals surface area contributed by atoms with Crippen LogP contribution >= 0.6 is 0 Å². The number of ether oxygens (including phenoxy) is 1. The summed E-state index contributed by atoms with van der Waals surface area (Å²) in [5.74, 6) is -1.20. The van der Waals surface area contributed by atoms with Crippen LogP contribution in [-0.2, 0) is 9.53 Å². The molecule has 35 heavy (non-hydrogen) atoms. The molecule has 2 saturated heterocycles. The highest BCUT2D eigenvalue weighted by Gasteiger charge is 2.34. The fourth-order valence-electron chi connectivity index (χ4n) is 4.26. The third-order valence-corrected chi connectivity index (χ3v) is 6.39. The lowest BCUT2D eigenvalue weighted by molar-refractivity contribution is -0.143. The summed E-state index contributed by atoms with van der Waals surface area (Å²) in [4.78, 5) is 41.6. The highest BCUT2D eigenvalue weighted by Crippen LogP contribution is 2.23. The second-order valence-corrected chi connectivity index (χ2v) is 8.71. The van der Waals surface area contributed by atoms with Crippen LogP contribution in [0.2, 0.25) is 0 Å². The van der Waals surface area contributed by atoms with E-state index in [4.69, 9.17) is 10.1 Å². The number of piperazine rings is 1. The first kappa shape index (κ1) is 24.4. The van der Waals surface area contributed by atoms with E-state index >= 15 is 0 Å². The van der Waals surface area contributed by atoms with E-state index in [2.05, 4.69) is 10.2 Å². The minimum atomic E-state index is -0.821. The van der Waals surface area contributed by atoms with Gasteiger partial charge in [0.1, 0.15) is 18.0 Å². The molecule has 2 heterocycles. The van der Waals surface area contributed by atoms with Gasteiger partial charge in [-0.3, -0.25) is 29.7 Å². The molecule has 0 saturated carbocycles. The van der Waals surface area contributed by atoms with Gasteiger partial charge in [0.15, 0.2) is 0 Å². The van der Waals surface area contributed by atoms with Crippen LogP contribution in [-0.4, -0.2) is 90.1 Å². The zero-order valence-corrected chi connectivity index (χ0v) is 19.5. The SMILES string of the molecule is CC(C(=O)O)N1CCN(CC2CN(c3ccc(C(=N)NC(=O)c4ccccc4)cc3)C(=O)O2)CC1. The molecule has 2 atom stereocenters. The fourth-order valence-corrected chi connectivity index (χ4v) is 4.26. The molecule has 0 aliphatic carbocycles. The first-order chi connectivity index (χ1) is 16.8. The van der Waals surface area contributed by atoms with Crippen LogP contribution in [0.25, 0.3) is 0 Å². The van der Waals surface area contributed by atoms with Gasteiger partial charge in [0, 0.05) is 49.5 Å². The van der Waals surface area contributed by atoms with Crippen LogP contribution in [0.3, 0.4) is 0 Å². The number of amidine groups is 1. The summed E-state index contributed by atoms with van der Waals surface area (Å²) in [5, 5.41) is 19.9. The van der Waals surface area contributed by atoms with Crippen molar-refractivity contribution in [3.63, 3.8) is 0 Å². The lowest BCUT2D eigenvalue weighted by Crippen LogP contribution is -2.53. The molecule has 184 valence electrons. The number of rotatable bonds is 7. The van der Waals surface area contributed by atoms with E-state index in [-0.39, 0.29) is 17.8 Å². The molecule has 10 heteroatoms. The third-order valence-electron chi connectivity index (χ3n) is 6.39. The first-order valence-electron chi connectivity index (χ1n) is 11.5. The average Bonchev–Trinajstić information content (AvgIpc) is 3.24. The number of hydrogen-bond acceptors (Lipinski definition) is 7. The number of anilines is 1. The van der Waals surface area contributed by atoms with Crippen molar-refractivity contribution in [2.24, 2.45) is 0 Å². The molecule has 10 nitrogen and oxygen atoms in total. The number of cyclic esters (lactones) is 1. The van der Waals surface area contributed by atoms with Gasteiger partial charge in [-0.05, 0) is 43.3 Å². The normalized spacial score (nSPS) is 19.7. The predicted octanol–water partition coefficient (Wildman–Crippen LogP) is 1.86. The van der Waals surface area contributed by atoms with E-state index in [9.17, 15) is 19.5 Å². The van der Waals surface area contributed by atoms with Crippen molar-refractivity contribution < 1.29 is 24.2 Å². The Balaban J connectivity index is 1.29. The standard InChI is InChI=1S/C25H29N5O5/c1-17(24(32)33)29-13-11-28(12-14-29)15-21-16-30(25(34)35-21)20-9-7-18(8-10-20)22(26)27-23(31)19-5-3-2-4-6-19/h2-10,17,21H,11-16H2,1H3,(H,32,33)(H2,26,27,31). The molecule has 2 amide bonds. The maximum absolute atomic E-state index is 12.5. The molecule has 2 unspecified atom stereocenters. The number of benzene rings is 2. The lowest BCUT2D eigenvalue weighted by Gasteiger charge is -2.37. The number of carbonyl (C=O) groups excluding carboxylic acids is 2. The second-order valence-electron chi connectivity index (χ2n) is 8.71. The van der Waals surface area contributed by atoms with E-state index in [1.54, 1.807) is 60.4 Å². The van der Waals surface area contributed by atoms with Crippen molar-refractivity contribution in [3.8, 4) is 0 Å². The largest absolute Gasteiger partial charge is 0.480 e. The summed E-state index contributed by atoms with van der Waals surface area (Å²) in [6.07, 6.45) is -0.706. The summed E-state index contributed by atoms with van der Waals surface area (Å²) >= 11 is 0. The molecular formula is C25H29N5O5. The molecule has 0 aromatic heterocycles. The average molecular weight is 480 g/mol. The van der Waals surface area contributed by atoms with Gasteiger partial charge < -0.3 is 15.2 Å². The Hall–Kier alpha value is -3.76. The maximum atomic E-state index is 12.5. The van der Waals surface area contributed by atoms with Crippen LogP contribution in [0.1, 0.15) is 22.8 Å². The summed E-state index contributed by atoms with van der Waals surface area (Å²) in [5.41, 5.74) is 1.65. The minimum Gasteiger partial charge on any atom is -0.480 e. The molecule has 3 N–H and O–H groups in total. The molecule has 4 rings (SSSR count). The topological polar surface area (TPSA) is 126 Å².